The van der Waals surface area contributed by atoms with Gasteiger partial charge in [-0.2, -0.15) is 0 Å². The molecule has 0 spiro atoms. The number of Topliss-reactive ketones (excluding diaryl/α,β-unsaturated/α-hetero) is 1. The number of ketones is 1. The van der Waals surface area contributed by atoms with Crippen LogP contribution >= 0.6 is 0 Å². The first-order chi connectivity index (χ1) is 7.70. The maximum absolute atomic E-state index is 11.0. The van der Waals surface area contributed by atoms with Crippen LogP contribution in [0.25, 0.3) is 0 Å². The molecule has 0 radical (unpaired) electrons. The Morgan fingerprint density at radius 3 is 2.44 bits per heavy atom. The van der Waals surface area contributed by atoms with Gasteiger partial charge >= 0.3 is 0 Å². The van der Waals surface area contributed by atoms with E-state index in [0.29, 0.717) is 5.78 Å². The molecule has 0 N–H and O–H groups in total. The quantitative estimate of drug-likeness (QED) is 0.632. The predicted octanol–water partition coefficient (Wildman–Crippen LogP) is 4.01. The van der Waals surface area contributed by atoms with Gasteiger partial charge in [0.05, 0.1) is 0 Å². The van der Waals surface area contributed by atoms with Crippen molar-refractivity contribution in [3.05, 3.63) is 35.9 Å². The average Bonchev–Trinajstić information content (AvgIpc) is 2.29. The number of rotatable bonds is 7. The minimum atomic E-state index is 0.247. The molecule has 0 aliphatic rings. The lowest BCUT2D eigenvalue weighted by Crippen LogP contribution is -2.05. The number of aryl methyl sites for hydroxylation is 1. The molecule has 0 aliphatic carbocycles. The van der Waals surface area contributed by atoms with Gasteiger partial charge in [0.15, 0.2) is 0 Å². The smallest absolute Gasteiger partial charge is 0.132 e. The Bertz CT molecular complexity index is 302. The van der Waals surface area contributed by atoms with Gasteiger partial charge in [0, 0.05) is 5.92 Å². The second-order valence-corrected chi connectivity index (χ2v) is 4.60. The number of carbonyl (C=O) groups excluding carboxylic acids is 1. The Kier molecular flexibility index (Phi) is 5.84. The zero-order valence-electron chi connectivity index (χ0n) is 10.4. The number of unbranched alkanes of at least 4 members (excludes halogenated alkanes) is 2. The van der Waals surface area contributed by atoms with Crippen molar-refractivity contribution in [1.82, 2.24) is 0 Å². The first-order valence-electron chi connectivity index (χ1n) is 6.24. The number of hydrogen-bond acceptors (Lipinski definition) is 1. The second-order valence-electron chi connectivity index (χ2n) is 4.60. The summed E-state index contributed by atoms with van der Waals surface area (Å²) in [5.41, 5.74) is 1.42. The van der Waals surface area contributed by atoms with Gasteiger partial charge in [0.1, 0.15) is 5.78 Å². The van der Waals surface area contributed by atoms with Crippen molar-refractivity contribution < 1.29 is 4.79 Å². The predicted molar refractivity (Wildman–Crippen MR) is 68.5 cm³/mol. The van der Waals surface area contributed by atoms with E-state index < -0.39 is 0 Å². The van der Waals surface area contributed by atoms with E-state index in [-0.39, 0.29) is 5.92 Å². The average molecular weight is 218 g/mol. The molecule has 1 nitrogen and oxygen atoms in total. The SMILES string of the molecule is CC(=O)[C@@H](C)CCCCCc1ccccc1. The van der Waals surface area contributed by atoms with E-state index in [1.165, 1.54) is 24.8 Å². The molecule has 1 atom stereocenters. The summed E-state index contributed by atoms with van der Waals surface area (Å²) in [6.07, 6.45) is 5.84. The molecule has 0 heterocycles. The van der Waals surface area contributed by atoms with Gasteiger partial charge in [-0.3, -0.25) is 4.79 Å². The van der Waals surface area contributed by atoms with Crippen LogP contribution in [0.3, 0.4) is 0 Å². The van der Waals surface area contributed by atoms with Crippen molar-refractivity contribution in [2.75, 3.05) is 0 Å². The monoisotopic (exact) mass is 218 g/mol. The van der Waals surface area contributed by atoms with Crippen LogP contribution in [0.1, 0.15) is 45.1 Å². The van der Waals surface area contributed by atoms with Gasteiger partial charge in [-0.1, -0.05) is 50.1 Å². The van der Waals surface area contributed by atoms with E-state index in [2.05, 4.69) is 30.3 Å². The lowest BCUT2D eigenvalue weighted by molar-refractivity contribution is -0.120. The summed E-state index contributed by atoms with van der Waals surface area (Å²) in [5.74, 6) is 0.569. The van der Waals surface area contributed by atoms with Crippen molar-refractivity contribution in [2.45, 2.75) is 46.0 Å². The van der Waals surface area contributed by atoms with Crippen LogP contribution in [0.15, 0.2) is 30.3 Å². The largest absolute Gasteiger partial charge is 0.300 e. The van der Waals surface area contributed by atoms with Crippen LogP contribution < -0.4 is 0 Å². The second kappa shape index (κ2) is 7.21. The van der Waals surface area contributed by atoms with E-state index in [1.54, 1.807) is 6.92 Å². The van der Waals surface area contributed by atoms with Crippen molar-refractivity contribution in [2.24, 2.45) is 5.92 Å². The van der Waals surface area contributed by atoms with Crippen molar-refractivity contribution in [3.63, 3.8) is 0 Å². The molecule has 88 valence electrons. The summed E-state index contributed by atoms with van der Waals surface area (Å²) < 4.78 is 0. The Morgan fingerprint density at radius 1 is 1.12 bits per heavy atom. The Labute approximate surface area is 98.9 Å². The van der Waals surface area contributed by atoms with Crippen LogP contribution in [0.2, 0.25) is 0 Å². The van der Waals surface area contributed by atoms with Gasteiger partial charge in [0.25, 0.3) is 0 Å². The fourth-order valence-corrected chi connectivity index (χ4v) is 1.80. The summed E-state index contributed by atoms with van der Waals surface area (Å²) in [7, 11) is 0. The molecule has 1 aromatic carbocycles. The molecule has 1 heteroatoms. The zero-order chi connectivity index (χ0) is 11.8. The minimum absolute atomic E-state index is 0.247. The van der Waals surface area contributed by atoms with E-state index in [9.17, 15) is 4.79 Å². The van der Waals surface area contributed by atoms with Gasteiger partial charge < -0.3 is 0 Å². The Balaban J connectivity index is 2.07. The maximum atomic E-state index is 11.0. The molecular formula is C15H22O. The molecule has 1 rings (SSSR count). The summed E-state index contributed by atoms with van der Waals surface area (Å²) in [6, 6.07) is 10.6. The molecule has 0 aromatic heterocycles. The van der Waals surface area contributed by atoms with Crippen molar-refractivity contribution in [1.29, 1.82) is 0 Å². The minimum Gasteiger partial charge on any atom is -0.300 e. The maximum Gasteiger partial charge on any atom is 0.132 e. The van der Waals surface area contributed by atoms with Crippen LogP contribution in [-0.4, -0.2) is 5.78 Å². The highest BCUT2D eigenvalue weighted by Crippen LogP contribution is 2.12. The van der Waals surface area contributed by atoms with E-state index in [1.807, 2.05) is 6.92 Å². The van der Waals surface area contributed by atoms with E-state index in [0.717, 1.165) is 12.8 Å². The highest BCUT2D eigenvalue weighted by Gasteiger charge is 2.06. The third-order valence-electron chi connectivity index (χ3n) is 3.14. The molecule has 0 unspecified atom stereocenters. The van der Waals surface area contributed by atoms with E-state index >= 15 is 0 Å². The lowest BCUT2D eigenvalue weighted by Gasteiger charge is -2.06. The topological polar surface area (TPSA) is 17.1 Å². The van der Waals surface area contributed by atoms with E-state index in [4.69, 9.17) is 0 Å². The fourth-order valence-electron chi connectivity index (χ4n) is 1.80. The van der Waals surface area contributed by atoms with Crippen molar-refractivity contribution >= 4 is 5.78 Å². The van der Waals surface area contributed by atoms with Gasteiger partial charge in [-0.05, 0) is 31.7 Å². The van der Waals surface area contributed by atoms with Crippen LogP contribution in [0.4, 0.5) is 0 Å². The molecular weight excluding hydrogens is 196 g/mol. The normalized spacial score (nSPS) is 12.4. The highest BCUT2D eigenvalue weighted by molar-refractivity contribution is 5.77. The van der Waals surface area contributed by atoms with Crippen LogP contribution in [0.5, 0.6) is 0 Å². The molecule has 0 bridgehead atoms. The molecule has 0 aliphatic heterocycles. The summed E-state index contributed by atoms with van der Waals surface area (Å²) in [5, 5.41) is 0. The molecule has 0 saturated carbocycles. The highest BCUT2D eigenvalue weighted by atomic mass is 16.1. The van der Waals surface area contributed by atoms with Crippen LogP contribution in [-0.2, 0) is 11.2 Å². The molecule has 16 heavy (non-hydrogen) atoms. The molecule has 0 saturated heterocycles. The zero-order valence-corrected chi connectivity index (χ0v) is 10.4. The standard InChI is InChI=1S/C15H22O/c1-13(14(2)16)9-5-3-6-10-15-11-7-4-8-12-15/h4,7-8,11-13H,3,5-6,9-10H2,1-2H3/t13-/m0/s1. The van der Waals surface area contributed by atoms with Crippen LogP contribution in [0, 0.1) is 5.92 Å². The molecule has 1 aromatic rings. The van der Waals surface area contributed by atoms with Crippen molar-refractivity contribution in [3.8, 4) is 0 Å². The number of hydrogen-bond donors (Lipinski definition) is 0. The first-order valence-corrected chi connectivity index (χ1v) is 6.24. The lowest BCUT2D eigenvalue weighted by atomic mass is 9.98. The fraction of sp³-hybridized carbons (Fsp3) is 0.533. The Hall–Kier alpha value is -1.11. The first kappa shape index (κ1) is 13.0. The molecule has 0 amide bonds. The third-order valence-corrected chi connectivity index (χ3v) is 3.14. The number of carbonyl (C=O) groups is 1. The van der Waals surface area contributed by atoms with Gasteiger partial charge in [-0.15, -0.1) is 0 Å². The third kappa shape index (κ3) is 5.11. The summed E-state index contributed by atoms with van der Waals surface area (Å²) >= 11 is 0. The molecule has 0 fully saturated rings. The number of benzene rings is 1. The summed E-state index contributed by atoms with van der Waals surface area (Å²) in [6.45, 7) is 3.72. The van der Waals surface area contributed by atoms with Gasteiger partial charge in [0.2, 0.25) is 0 Å². The summed E-state index contributed by atoms with van der Waals surface area (Å²) in [4.78, 5) is 11.0. The van der Waals surface area contributed by atoms with Gasteiger partial charge in [-0.25, -0.2) is 0 Å². The Morgan fingerprint density at radius 2 is 1.81 bits per heavy atom.